The molecule has 2 rings (SSSR count). The molecule has 2 atom stereocenters. The molecule has 1 aliphatic heterocycles. The van der Waals surface area contributed by atoms with Crippen LogP contribution in [0.15, 0.2) is 24.3 Å². The summed E-state index contributed by atoms with van der Waals surface area (Å²) in [7, 11) is 2.19. The van der Waals surface area contributed by atoms with E-state index >= 15 is 0 Å². The van der Waals surface area contributed by atoms with E-state index in [0.29, 0.717) is 6.04 Å². The zero-order chi connectivity index (χ0) is 12.3. The van der Waals surface area contributed by atoms with Crippen molar-refractivity contribution in [3.8, 4) is 0 Å². The van der Waals surface area contributed by atoms with Crippen LogP contribution in [0.2, 0.25) is 0 Å². The zero-order valence-corrected chi connectivity index (χ0v) is 10.8. The summed E-state index contributed by atoms with van der Waals surface area (Å²) in [5.74, 6) is 0. The van der Waals surface area contributed by atoms with Crippen molar-refractivity contribution < 1.29 is 0 Å². The van der Waals surface area contributed by atoms with E-state index in [1.165, 1.54) is 11.1 Å². The van der Waals surface area contributed by atoms with Crippen molar-refractivity contribution in [2.75, 3.05) is 26.7 Å². The minimum atomic E-state index is 0.142. The van der Waals surface area contributed by atoms with Crippen molar-refractivity contribution >= 4 is 0 Å². The Bertz CT molecular complexity index is 347. The van der Waals surface area contributed by atoms with Crippen molar-refractivity contribution in [2.24, 2.45) is 5.73 Å². The van der Waals surface area contributed by atoms with Crippen molar-refractivity contribution in [1.29, 1.82) is 0 Å². The van der Waals surface area contributed by atoms with Gasteiger partial charge in [-0.2, -0.15) is 0 Å². The largest absolute Gasteiger partial charge is 0.324 e. The minimum Gasteiger partial charge on any atom is -0.324 e. The molecule has 3 nitrogen and oxygen atoms in total. The molecule has 0 spiro atoms. The highest BCUT2D eigenvalue weighted by atomic mass is 15.2. The van der Waals surface area contributed by atoms with Crippen LogP contribution < -0.4 is 11.1 Å². The molecule has 1 aromatic rings. The Balaban J connectivity index is 1.95. The van der Waals surface area contributed by atoms with Gasteiger partial charge in [-0.05, 0) is 26.0 Å². The van der Waals surface area contributed by atoms with Crippen LogP contribution in [0.5, 0.6) is 0 Å². The summed E-state index contributed by atoms with van der Waals surface area (Å²) >= 11 is 0. The number of hydrogen-bond donors (Lipinski definition) is 2. The van der Waals surface area contributed by atoms with Gasteiger partial charge in [-0.3, -0.25) is 0 Å². The van der Waals surface area contributed by atoms with Crippen molar-refractivity contribution in [3.05, 3.63) is 35.4 Å². The van der Waals surface area contributed by atoms with Gasteiger partial charge < -0.3 is 16.0 Å². The van der Waals surface area contributed by atoms with Gasteiger partial charge in [-0.25, -0.2) is 0 Å². The van der Waals surface area contributed by atoms with E-state index in [0.717, 1.165) is 26.1 Å². The number of nitrogens with zero attached hydrogens (tertiary/aromatic N) is 1. The van der Waals surface area contributed by atoms with Gasteiger partial charge in [0.25, 0.3) is 0 Å². The molecule has 0 saturated carbocycles. The summed E-state index contributed by atoms with van der Waals surface area (Å²) < 4.78 is 0. The van der Waals surface area contributed by atoms with Gasteiger partial charge in [0.2, 0.25) is 0 Å². The Morgan fingerprint density at radius 1 is 1.41 bits per heavy atom. The maximum atomic E-state index is 6.28. The van der Waals surface area contributed by atoms with E-state index < -0.39 is 0 Å². The Labute approximate surface area is 104 Å². The molecule has 3 heteroatoms. The highest BCUT2D eigenvalue weighted by Crippen LogP contribution is 2.19. The number of piperazine rings is 1. The van der Waals surface area contributed by atoms with Gasteiger partial charge in [0.15, 0.2) is 0 Å². The second-order valence-electron chi connectivity index (χ2n) is 5.09. The van der Waals surface area contributed by atoms with E-state index in [1.807, 2.05) is 0 Å². The Kier molecular flexibility index (Phi) is 4.15. The molecule has 94 valence electrons. The lowest BCUT2D eigenvalue weighted by Crippen LogP contribution is -2.50. The predicted octanol–water partition coefficient (Wildman–Crippen LogP) is 1.29. The smallest absolute Gasteiger partial charge is 0.0310 e. The van der Waals surface area contributed by atoms with Crippen LogP contribution in [-0.2, 0) is 0 Å². The van der Waals surface area contributed by atoms with Gasteiger partial charge in [0.1, 0.15) is 0 Å². The lowest BCUT2D eigenvalue weighted by atomic mass is 9.98. The second kappa shape index (κ2) is 5.63. The van der Waals surface area contributed by atoms with Crippen LogP contribution >= 0.6 is 0 Å². The molecule has 1 aliphatic rings. The lowest BCUT2D eigenvalue weighted by Gasteiger charge is -2.34. The fourth-order valence-electron chi connectivity index (χ4n) is 2.37. The summed E-state index contributed by atoms with van der Waals surface area (Å²) in [6.07, 6.45) is 1.02. The number of rotatable bonds is 3. The van der Waals surface area contributed by atoms with Crippen molar-refractivity contribution in [3.63, 3.8) is 0 Å². The highest BCUT2D eigenvalue weighted by Gasteiger charge is 2.21. The van der Waals surface area contributed by atoms with Gasteiger partial charge in [-0.15, -0.1) is 0 Å². The maximum absolute atomic E-state index is 6.28. The van der Waals surface area contributed by atoms with Crippen LogP contribution in [0.3, 0.4) is 0 Å². The summed E-state index contributed by atoms with van der Waals surface area (Å²) in [4.78, 5) is 2.41. The van der Waals surface area contributed by atoms with Crippen molar-refractivity contribution in [2.45, 2.75) is 25.4 Å². The monoisotopic (exact) mass is 233 g/mol. The molecule has 1 aromatic carbocycles. The summed E-state index contributed by atoms with van der Waals surface area (Å²) in [6, 6.07) is 9.27. The van der Waals surface area contributed by atoms with Crippen LogP contribution in [0, 0.1) is 6.92 Å². The fourth-order valence-corrected chi connectivity index (χ4v) is 2.37. The number of likely N-dealkylation sites (N-methyl/N-ethyl adjacent to an activating group) is 1. The van der Waals surface area contributed by atoms with E-state index in [4.69, 9.17) is 5.73 Å². The van der Waals surface area contributed by atoms with E-state index in [1.54, 1.807) is 0 Å². The van der Waals surface area contributed by atoms with Crippen LogP contribution in [0.25, 0.3) is 0 Å². The van der Waals surface area contributed by atoms with Gasteiger partial charge in [-0.1, -0.05) is 29.8 Å². The average molecular weight is 233 g/mol. The van der Waals surface area contributed by atoms with Gasteiger partial charge >= 0.3 is 0 Å². The zero-order valence-electron chi connectivity index (χ0n) is 10.8. The van der Waals surface area contributed by atoms with Crippen molar-refractivity contribution in [1.82, 2.24) is 10.2 Å². The highest BCUT2D eigenvalue weighted by molar-refractivity contribution is 5.24. The first-order chi connectivity index (χ1) is 8.16. The molecule has 2 unspecified atom stereocenters. The van der Waals surface area contributed by atoms with Crippen LogP contribution in [0.4, 0.5) is 0 Å². The Hall–Kier alpha value is -0.900. The Morgan fingerprint density at radius 3 is 2.76 bits per heavy atom. The standard InChI is InChI=1S/C14H23N3/c1-11-3-5-12(6-4-11)14(15)9-13-10-16-7-8-17(13)2/h3-6,13-14,16H,7-10,15H2,1-2H3. The average Bonchev–Trinajstić information content (AvgIpc) is 2.33. The topological polar surface area (TPSA) is 41.3 Å². The molecular weight excluding hydrogens is 210 g/mol. The number of nitrogens with two attached hydrogens (primary N) is 1. The van der Waals surface area contributed by atoms with E-state index in [2.05, 4.69) is 48.5 Å². The number of nitrogens with one attached hydrogen (secondary N) is 1. The summed E-state index contributed by atoms with van der Waals surface area (Å²) in [6.45, 7) is 5.36. The first kappa shape index (κ1) is 12.6. The second-order valence-corrected chi connectivity index (χ2v) is 5.09. The fraction of sp³-hybridized carbons (Fsp3) is 0.571. The molecule has 1 fully saturated rings. The molecule has 0 amide bonds. The predicted molar refractivity (Wildman–Crippen MR) is 72.0 cm³/mol. The van der Waals surface area contributed by atoms with Gasteiger partial charge in [0.05, 0.1) is 0 Å². The molecule has 0 radical (unpaired) electrons. The number of aryl methyl sites for hydroxylation is 1. The molecular formula is C14H23N3. The van der Waals surface area contributed by atoms with E-state index in [9.17, 15) is 0 Å². The first-order valence-electron chi connectivity index (χ1n) is 6.40. The quantitative estimate of drug-likeness (QED) is 0.826. The van der Waals surface area contributed by atoms with Gasteiger partial charge in [0, 0.05) is 31.7 Å². The molecule has 0 aromatic heterocycles. The molecule has 0 bridgehead atoms. The summed E-state index contributed by atoms with van der Waals surface area (Å²) in [5, 5.41) is 3.43. The first-order valence-corrected chi connectivity index (χ1v) is 6.40. The van der Waals surface area contributed by atoms with E-state index in [-0.39, 0.29) is 6.04 Å². The lowest BCUT2D eigenvalue weighted by molar-refractivity contribution is 0.182. The molecule has 0 aliphatic carbocycles. The summed E-state index contributed by atoms with van der Waals surface area (Å²) in [5.41, 5.74) is 8.82. The van der Waals surface area contributed by atoms with Crippen LogP contribution in [0.1, 0.15) is 23.6 Å². The Morgan fingerprint density at radius 2 is 2.12 bits per heavy atom. The molecule has 3 N–H and O–H groups in total. The maximum Gasteiger partial charge on any atom is 0.0310 e. The minimum absolute atomic E-state index is 0.142. The molecule has 1 heterocycles. The third-order valence-corrected chi connectivity index (χ3v) is 3.68. The normalized spacial score (nSPS) is 23.6. The SMILES string of the molecule is Cc1ccc(C(N)CC2CNCCN2C)cc1. The third-order valence-electron chi connectivity index (χ3n) is 3.68. The molecule has 1 saturated heterocycles. The number of hydrogen-bond acceptors (Lipinski definition) is 3. The van der Waals surface area contributed by atoms with Crippen LogP contribution in [-0.4, -0.2) is 37.6 Å². The number of benzene rings is 1. The molecule has 17 heavy (non-hydrogen) atoms. The third kappa shape index (κ3) is 3.28.